The highest BCUT2D eigenvalue weighted by Crippen LogP contribution is 2.34. The van der Waals surface area contributed by atoms with Crippen LogP contribution in [0.3, 0.4) is 0 Å². The molecule has 0 aliphatic carbocycles. The van der Waals surface area contributed by atoms with E-state index < -0.39 is 11.7 Å². The second-order valence-corrected chi connectivity index (χ2v) is 10.1. The van der Waals surface area contributed by atoms with Crippen molar-refractivity contribution < 1.29 is 9.53 Å². The van der Waals surface area contributed by atoms with E-state index in [1.54, 1.807) is 12.4 Å². The van der Waals surface area contributed by atoms with Gasteiger partial charge in [-0.2, -0.15) is 0 Å². The number of hydrogen-bond acceptors (Lipinski definition) is 7. The molecular weight excluding hydrogens is 488 g/mol. The minimum atomic E-state index is -0.542. The number of benzene rings is 3. The van der Waals surface area contributed by atoms with E-state index in [0.29, 0.717) is 18.9 Å². The quantitative estimate of drug-likeness (QED) is 0.257. The van der Waals surface area contributed by atoms with Gasteiger partial charge >= 0.3 is 6.09 Å². The Morgan fingerprint density at radius 3 is 2.28 bits per heavy atom. The second-order valence-electron chi connectivity index (χ2n) is 10.1. The zero-order chi connectivity index (χ0) is 27.2. The number of aromatic nitrogens is 4. The summed E-state index contributed by atoms with van der Waals surface area (Å²) in [6.07, 6.45) is 4.46. The molecule has 0 aliphatic heterocycles. The molecule has 0 atom stereocenters. The molecule has 0 saturated carbocycles. The first kappa shape index (κ1) is 25.8. The van der Waals surface area contributed by atoms with Crippen LogP contribution in [0.4, 0.5) is 10.6 Å². The summed E-state index contributed by atoms with van der Waals surface area (Å²) < 4.78 is 5.35. The summed E-state index contributed by atoms with van der Waals surface area (Å²) in [5, 5.41) is 7.30. The van der Waals surface area contributed by atoms with Crippen LogP contribution >= 0.6 is 0 Å². The highest BCUT2D eigenvalue weighted by atomic mass is 16.6. The van der Waals surface area contributed by atoms with Crippen LogP contribution in [-0.4, -0.2) is 31.6 Å². The highest BCUT2D eigenvalue weighted by Gasteiger charge is 2.16. The number of ether oxygens (including phenoxy) is 1. The molecule has 0 fully saturated rings. The molecule has 0 spiro atoms. The van der Waals surface area contributed by atoms with Crippen LogP contribution in [0, 0.1) is 0 Å². The number of amides is 1. The summed E-state index contributed by atoms with van der Waals surface area (Å²) in [6, 6.07) is 24.3. The molecule has 0 unspecified atom stereocenters. The fraction of sp³-hybridized carbons (Fsp3) is 0.194. The molecule has 5 rings (SSSR count). The number of anilines is 1. The van der Waals surface area contributed by atoms with Crippen molar-refractivity contribution in [2.24, 2.45) is 0 Å². The Morgan fingerprint density at radius 2 is 1.54 bits per heavy atom. The fourth-order valence-electron chi connectivity index (χ4n) is 4.24. The van der Waals surface area contributed by atoms with Crippen LogP contribution in [0.5, 0.6) is 0 Å². The molecule has 0 radical (unpaired) electrons. The molecule has 3 aromatic carbocycles. The van der Waals surface area contributed by atoms with Crippen molar-refractivity contribution in [1.82, 2.24) is 25.3 Å². The first-order chi connectivity index (χ1) is 18.9. The molecule has 0 bridgehead atoms. The standard InChI is InChI=1S/C31H30N6O2/c1-31(2,3)39-30(38)35-17-22-10-7-9-21(15-22)16-34-29-27-25(23-11-5-4-6-12-23)13-8-14-26(27)36-28(37-29)24-18-32-20-33-19-24/h4-15,18-20H,16-17H2,1-3H3,(H,35,38)(H,34,36,37). The van der Waals surface area contributed by atoms with Gasteiger partial charge in [0, 0.05) is 25.5 Å². The number of carbonyl (C=O) groups excluding carboxylic acids is 1. The van der Waals surface area contributed by atoms with Crippen molar-refractivity contribution in [3.8, 4) is 22.5 Å². The molecule has 8 heteroatoms. The van der Waals surface area contributed by atoms with Gasteiger partial charge < -0.3 is 15.4 Å². The van der Waals surface area contributed by atoms with Crippen LogP contribution in [0.1, 0.15) is 31.9 Å². The van der Waals surface area contributed by atoms with Crippen LogP contribution in [-0.2, 0) is 17.8 Å². The molecule has 39 heavy (non-hydrogen) atoms. The van der Waals surface area contributed by atoms with Gasteiger partial charge in [-0.05, 0) is 49.1 Å². The fourth-order valence-corrected chi connectivity index (χ4v) is 4.24. The van der Waals surface area contributed by atoms with E-state index in [1.165, 1.54) is 6.33 Å². The zero-order valence-electron chi connectivity index (χ0n) is 22.2. The normalized spacial score (nSPS) is 11.3. The molecule has 0 saturated heterocycles. The van der Waals surface area contributed by atoms with Crippen molar-refractivity contribution in [2.75, 3.05) is 5.32 Å². The predicted molar refractivity (Wildman–Crippen MR) is 153 cm³/mol. The molecular formula is C31H30N6O2. The smallest absolute Gasteiger partial charge is 0.407 e. The Labute approximate surface area is 227 Å². The van der Waals surface area contributed by atoms with E-state index in [1.807, 2.05) is 69.3 Å². The van der Waals surface area contributed by atoms with Crippen molar-refractivity contribution >= 4 is 22.8 Å². The van der Waals surface area contributed by atoms with Gasteiger partial charge in [0.05, 0.1) is 16.5 Å². The second kappa shape index (κ2) is 11.3. The van der Waals surface area contributed by atoms with Gasteiger partial charge in [-0.25, -0.2) is 24.7 Å². The van der Waals surface area contributed by atoms with E-state index in [4.69, 9.17) is 14.7 Å². The van der Waals surface area contributed by atoms with Gasteiger partial charge in [0.25, 0.3) is 0 Å². The molecule has 8 nitrogen and oxygen atoms in total. The lowest BCUT2D eigenvalue weighted by Gasteiger charge is -2.19. The summed E-state index contributed by atoms with van der Waals surface area (Å²) in [7, 11) is 0. The SMILES string of the molecule is CC(C)(C)OC(=O)NCc1cccc(CNc2nc(-c3cncnc3)nc3cccc(-c4ccccc4)c23)c1. The topological polar surface area (TPSA) is 102 Å². The van der Waals surface area contributed by atoms with Crippen molar-refractivity contribution in [2.45, 2.75) is 39.5 Å². The van der Waals surface area contributed by atoms with Crippen molar-refractivity contribution in [3.63, 3.8) is 0 Å². The van der Waals surface area contributed by atoms with E-state index >= 15 is 0 Å². The average molecular weight is 519 g/mol. The average Bonchev–Trinajstić information content (AvgIpc) is 2.94. The van der Waals surface area contributed by atoms with Crippen LogP contribution in [0.2, 0.25) is 0 Å². The Morgan fingerprint density at radius 1 is 0.821 bits per heavy atom. The predicted octanol–water partition coefficient (Wildman–Crippen LogP) is 6.39. The number of nitrogens with zero attached hydrogens (tertiary/aromatic N) is 4. The van der Waals surface area contributed by atoms with E-state index in [-0.39, 0.29) is 0 Å². The number of rotatable bonds is 7. The van der Waals surface area contributed by atoms with Crippen LogP contribution in [0.15, 0.2) is 91.5 Å². The first-order valence-corrected chi connectivity index (χ1v) is 12.8. The van der Waals surface area contributed by atoms with Gasteiger partial charge in [0.2, 0.25) is 0 Å². The number of hydrogen-bond donors (Lipinski definition) is 2. The van der Waals surface area contributed by atoms with Crippen LogP contribution < -0.4 is 10.6 Å². The van der Waals surface area contributed by atoms with Gasteiger partial charge in [-0.15, -0.1) is 0 Å². The first-order valence-electron chi connectivity index (χ1n) is 12.8. The molecule has 5 aromatic rings. The third-order valence-corrected chi connectivity index (χ3v) is 5.91. The van der Waals surface area contributed by atoms with Gasteiger partial charge in [0.1, 0.15) is 17.7 Å². The monoisotopic (exact) mass is 518 g/mol. The summed E-state index contributed by atoms with van der Waals surface area (Å²) in [6.45, 7) is 6.43. The molecule has 2 aromatic heterocycles. The molecule has 2 heterocycles. The Kier molecular flexibility index (Phi) is 7.45. The van der Waals surface area contributed by atoms with Crippen molar-refractivity contribution in [1.29, 1.82) is 0 Å². The van der Waals surface area contributed by atoms with Gasteiger partial charge in [-0.3, -0.25) is 0 Å². The van der Waals surface area contributed by atoms with E-state index in [2.05, 4.69) is 44.9 Å². The Hall–Kier alpha value is -4.85. The maximum absolute atomic E-state index is 12.1. The summed E-state index contributed by atoms with van der Waals surface area (Å²) in [5.41, 5.74) is 5.17. The van der Waals surface area contributed by atoms with Crippen LogP contribution in [0.25, 0.3) is 33.4 Å². The number of nitrogens with one attached hydrogen (secondary N) is 2. The maximum atomic E-state index is 12.1. The molecule has 1 amide bonds. The van der Waals surface area contributed by atoms with Gasteiger partial charge in [-0.1, -0.05) is 66.7 Å². The Bertz CT molecular complexity index is 1580. The number of fused-ring (bicyclic) bond motifs is 1. The van der Waals surface area contributed by atoms with Gasteiger partial charge in [0.15, 0.2) is 5.82 Å². The highest BCUT2D eigenvalue weighted by molar-refractivity contribution is 6.02. The van der Waals surface area contributed by atoms with E-state index in [9.17, 15) is 4.79 Å². The number of alkyl carbamates (subject to hydrolysis) is 1. The summed E-state index contributed by atoms with van der Waals surface area (Å²) in [4.78, 5) is 30.1. The molecule has 196 valence electrons. The summed E-state index contributed by atoms with van der Waals surface area (Å²) >= 11 is 0. The lowest BCUT2D eigenvalue weighted by molar-refractivity contribution is 0.0523. The zero-order valence-corrected chi connectivity index (χ0v) is 22.2. The minimum absolute atomic E-state index is 0.371. The maximum Gasteiger partial charge on any atom is 0.407 e. The lowest BCUT2D eigenvalue weighted by atomic mass is 10.0. The third kappa shape index (κ3) is 6.54. The van der Waals surface area contributed by atoms with Crippen molar-refractivity contribution in [3.05, 3.63) is 103 Å². The van der Waals surface area contributed by atoms with E-state index in [0.717, 1.165) is 44.5 Å². The molecule has 2 N–H and O–H groups in total. The lowest BCUT2D eigenvalue weighted by Crippen LogP contribution is -2.32. The third-order valence-electron chi connectivity index (χ3n) is 5.91. The summed E-state index contributed by atoms with van der Waals surface area (Å²) in [5.74, 6) is 1.27. The Balaban J connectivity index is 1.45. The minimum Gasteiger partial charge on any atom is -0.444 e. The molecule has 0 aliphatic rings. The largest absolute Gasteiger partial charge is 0.444 e. The number of carbonyl (C=O) groups is 1.